The van der Waals surface area contributed by atoms with E-state index in [1.165, 1.54) is 0 Å². The van der Waals surface area contributed by atoms with Crippen LogP contribution in [-0.4, -0.2) is 9.97 Å². The standard InChI is InChI=1S/C14H10BrN3S/c15-11-2-1-7-17-13(11)14-18-12(8-19-14)9-3-5-10(16)6-4-9/h1-8H,16H2. The van der Waals surface area contributed by atoms with Gasteiger partial charge in [-0.15, -0.1) is 11.3 Å². The third-order valence-electron chi connectivity index (χ3n) is 2.67. The molecule has 94 valence electrons. The zero-order valence-electron chi connectivity index (χ0n) is 9.88. The summed E-state index contributed by atoms with van der Waals surface area (Å²) in [6.07, 6.45) is 1.77. The summed E-state index contributed by atoms with van der Waals surface area (Å²) in [5.74, 6) is 0. The van der Waals surface area contributed by atoms with Crippen molar-refractivity contribution in [3.05, 3.63) is 52.4 Å². The monoisotopic (exact) mass is 331 g/mol. The van der Waals surface area contributed by atoms with E-state index in [1.807, 2.05) is 41.8 Å². The third kappa shape index (κ3) is 2.52. The summed E-state index contributed by atoms with van der Waals surface area (Å²) < 4.78 is 0.952. The molecule has 3 aromatic rings. The first-order valence-electron chi connectivity index (χ1n) is 5.66. The molecule has 0 fully saturated rings. The molecule has 0 atom stereocenters. The number of hydrogen-bond acceptors (Lipinski definition) is 4. The molecule has 2 heterocycles. The zero-order chi connectivity index (χ0) is 13.2. The van der Waals surface area contributed by atoms with E-state index in [2.05, 4.69) is 25.9 Å². The summed E-state index contributed by atoms with van der Waals surface area (Å²) in [4.78, 5) is 8.98. The molecule has 0 aliphatic heterocycles. The van der Waals surface area contributed by atoms with Crippen LogP contribution in [0.3, 0.4) is 0 Å². The topological polar surface area (TPSA) is 51.8 Å². The third-order valence-corrected chi connectivity index (χ3v) is 4.16. The second kappa shape index (κ2) is 5.11. The van der Waals surface area contributed by atoms with Crippen molar-refractivity contribution in [2.45, 2.75) is 0 Å². The van der Waals surface area contributed by atoms with E-state index in [4.69, 9.17) is 5.73 Å². The molecular weight excluding hydrogens is 322 g/mol. The number of anilines is 1. The fraction of sp³-hybridized carbons (Fsp3) is 0. The molecule has 0 radical (unpaired) electrons. The van der Waals surface area contributed by atoms with E-state index < -0.39 is 0 Å². The molecule has 3 rings (SSSR count). The van der Waals surface area contributed by atoms with Crippen LogP contribution in [0.5, 0.6) is 0 Å². The Morgan fingerprint density at radius 2 is 1.89 bits per heavy atom. The molecule has 5 heteroatoms. The predicted molar refractivity (Wildman–Crippen MR) is 82.9 cm³/mol. The normalized spacial score (nSPS) is 10.6. The lowest BCUT2D eigenvalue weighted by Crippen LogP contribution is -1.85. The first-order valence-corrected chi connectivity index (χ1v) is 7.33. The lowest BCUT2D eigenvalue weighted by Gasteiger charge is -1.99. The summed E-state index contributed by atoms with van der Waals surface area (Å²) in [6, 6.07) is 11.6. The van der Waals surface area contributed by atoms with E-state index in [1.54, 1.807) is 17.5 Å². The molecule has 0 bridgehead atoms. The minimum Gasteiger partial charge on any atom is -0.399 e. The van der Waals surface area contributed by atoms with Crippen LogP contribution in [0.25, 0.3) is 22.0 Å². The van der Waals surface area contributed by atoms with Crippen LogP contribution in [0.2, 0.25) is 0 Å². The quantitative estimate of drug-likeness (QED) is 0.715. The van der Waals surface area contributed by atoms with Crippen molar-refractivity contribution < 1.29 is 0 Å². The molecule has 2 aromatic heterocycles. The van der Waals surface area contributed by atoms with E-state index in [-0.39, 0.29) is 0 Å². The van der Waals surface area contributed by atoms with Crippen molar-refractivity contribution in [3.63, 3.8) is 0 Å². The molecule has 0 unspecified atom stereocenters. The molecule has 0 spiro atoms. The summed E-state index contributed by atoms with van der Waals surface area (Å²) in [5.41, 5.74) is 9.31. The van der Waals surface area contributed by atoms with Crippen molar-refractivity contribution in [2.24, 2.45) is 0 Å². The van der Waals surface area contributed by atoms with Crippen molar-refractivity contribution in [2.75, 3.05) is 5.73 Å². The van der Waals surface area contributed by atoms with Crippen molar-refractivity contribution in [3.8, 4) is 22.0 Å². The summed E-state index contributed by atoms with van der Waals surface area (Å²) >= 11 is 5.08. The summed E-state index contributed by atoms with van der Waals surface area (Å²) in [5, 5.41) is 2.93. The van der Waals surface area contributed by atoms with E-state index >= 15 is 0 Å². The lowest BCUT2D eigenvalue weighted by molar-refractivity contribution is 1.28. The molecule has 0 saturated heterocycles. The molecule has 19 heavy (non-hydrogen) atoms. The fourth-order valence-corrected chi connectivity index (χ4v) is 3.12. The van der Waals surface area contributed by atoms with Crippen LogP contribution in [0.15, 0.2) is 52.4 Å². The van der Waals surface area contributed by atoms with Crippen molar-refractivity contribution >= 4 is 33.0 Å². The van der Waals surface area contributed by atoms with Crippen LogP contribution < -0.4 is 5.73 Å². The number of benzene rings is 1. The smallest absolute Gasteiger partial charge is 0.143 e. The van der Waals surface area contributed by atoms with Crippen LogP contribution in [0.1, 0.15) is 0 Å². The van der Waals surface area contributed by atoms with Crippen LogP contribution in [0, 0.1) is 0 Å². The first kappa shape index (κ1) is 12.3. The summed E-state index contributed by atoms with van der Waals surface area (Å²) in [6.45, 7) is 0. The minimum absolute atomic E-state index is 0.756. The number of nitrogens with two attached hydrogens (primary N) is 1. The number of nitrogens with zero attached hydrogens (tertiary/aromatic N) is 2. The van der Waals surface area contributed by atoms with Crippen molar-refractivity contribution in [1.82, 2.24) is 9.97 Å². The number of thiazole rings is 1. The van der Waals surface area contributed by atoms with Gasteiger partial charge in [-0.05, 0) is 40.2 Å². The maximum atomic E-state index is 5.69. The molecule has 0 amide bonds. The number of hydrogen-bond donors (Lipinski definition) is 1. The van der Waals surface area contributed by atoms with Gasteiger partial charge in [-0.2, -0.15) is 0 Å². The van der Waals surface area contributed by atoms with Gasteiger partial charge >= 0.3 is 0 Å². The van der Waals surface area contributed by atoms with Gasteiger partial charge in [-0.1, -0.05) is 12.1 Å². The molecule has 0 aliphatic rings. The largest absolute Gasteiger partial charge is 0.399 e. The Hall–Kier alpha value is -1.72. The predicted octanol–water partition coefficient (Wildman–Crippen LogP) is 4.22. The van der Waals surface area contributed by atoms with Gasteiger partial charge in [-0.3, -0.25) is 4.98 Å². The Morgan fingerprint density at radius 1 is 1.11 bits per heavy atom. The first-order chi connectivity index (χ1) is 9.24. The Balaban J connectivity index is 2.00. The Morgan fingerprint density at radius 3 is 2.63 bits per heavy atom. The van der Waals surface area contributed by atoms with Crippen molar-refractivity contribution in [1.29, 1.82) is 0 Å². The van der Waals surface area contributed by atoms with Gasteiger partial charge in [0.05, 0.1) is 5.69 Å². The average Bonchev–Trinajstić information content (AvgIpc) is 2.89. The average molecular weight is 332 g/mol. The molecule has 2 N–H and O–H groups in total. The molecule has 3 nitrogen and oxygen atoms in total. The van der Waals surface area contributed by atoms with E-state index in [0.29, 0.717) is 0 Å². The molecule has 0 aliphatic carbocycles. The Labute approximate surface area is 123 Å². The second-order valence-electron chi connectivity index (χ2n) is 3.99. The highest BCUT2D eigenvalue weighted by Gasteiger charge is 2.10. The Bertz CT molecular complexity index is 707. The molecule has 1 aromatic carbocycles. The number of pyridine rings is 1. The SMILES string of the molecule is Nc1ccc(-c2csc(-c3ncccc3Br)n2)cc1. The van der Waals surface area contributed by atoms with Gasteiger partial charge in [0, 0.05) is 27.3 Å². The van der Waals surface area contributed by atoms with Crippen LogP contribution >= 0.6 is 27.3 Å². The molecular formula is C14H10BrN3S. The van der Waals surface area contributed by atoms with Gasteiger partial charge in [0.25, 0.3) is 0 Å². The van der Waals surface area contributed by atoms with Gasteiger partial charge in [-0.25, -0.2) is 4.98 Å². The maximum Gasteiger partial charge on any atom is 0.143 e. The number of halogens is 1. The number of nitrogen functional groups attached to an aromatic ring is 1. The van der Waals surface area contributed by atoms with Crippen LogP contribution in [0.4, 0.5) is 5.69 Å². The summed E-state index contributed by atoms with van der Waals surface area (Å²) in [7, 11) is 0. The maximum absolute atomic E-state index is 5.69. The Kier molecular flexibility index (Phi) is 3.31. The highest BCUT2D eigenvalue weighted by Crippen LogP contribution is 2.31. The lowest BCUT2D eigenvalue weighted by atomic mass is 10.1. The van der Waals surface area contributed by atoms with Crippen LogP contribution in [-0.2, 0) is 0 Å². The van der Waals surface area contributed by atoms with E-state index in [0.717, 1.165) is 32.1 Å². The second-order valence-corrected chi connectivity index (χ2v) is 5.71. The fourth-order valence-electron chi connectivity index (χ4n) is 1.71. The highest BCUT2D eigenvalue weighted by molar-refractivity contribution is 9.10. The van der Waals surface area contributed by atoms with Gasteiger partial charge in [0.2, 0.25) is 0 Å². The number of rotatable bonds is 2. The number of aromatic nitrogens is 2. The zero-order valence-corrected chi connectivity index (χ0v) is 12.3. The van der Waals surface area contributed by atoms with Gasteiger partial charge < -0.3 is 5.73 Å². The minimum atomic E-state index is 0.756. The molecule has 0 saturated carbocycles. The highest BCUT2D eigenvalue weighted by atomic mass is 79.9. The van der Waals surface area contributed by atoms with Gasteiger partial charge in [0.1, 0.15) is 10.7 Å². The van der Waals surface area contributed by atoms with Gasteiger partial charge in [0.15, 0.2) is 0 Å². The van der Waals surface area contributed by atoms with E-state index in [9.17, 15) is 0 Å².